The highest BCUT2D eigenvalue weighted by molar-refractivity contribution is 5.78. The van der Waals surface area contributed by atoms with Crippen LogP contribution in [-0.2, 0) is 14.4 Å². The number of hydrogen-bond donors (Lipinski definition) is 2. The molecule has 1 saturated heterocycles. The molecule has 2 fully saturated rings. The van der Waals surface area contributed by atoms with E-state index in [-0.39, 0.29) is 30.1 Å². The molecule has 2 N–H and O–H groups in total. The van der Waals surface area contributed by atoms with Gasteiger partial charge in [-0.2, -0.15) is 13.2 Å². The second-order valence-corrected chi connectivity index (χ2v) is 8.03. The fraction of sp³-hybridized carbons (Fsp3) is 0.571. The summed E-state index contributed by atoms with van der Waals surface area (Å²) in [6.07, 6.45) is 2.08. The van der Waals surface area contributed by atoms with Gasteiger partial charge in [-0.05, 0) is 37.1 Å². The first-order valence-corrected chi connectivity index (χ1v) is 10.3. The van der Waals surface area contributed by atoms with Crippen LogP contribution < -0.4 is 20.3 Å². The quantitative estimate of drug-likeness (QED) is 0.676. The molecule has 7 nitrogen and oxygen atoms in total. The van der Waals surface area contributed by atoms with Crippen LogP contribution in [0.3, 0.4) is 0 Å². The highest BCUT2D eigenvalue weighted by Gasteiger charge is 2.39. The van der Waals surface area contributed by atoms with Crippen molar-refractivity contribution in [2.45, 2.75) is 49.9 Å². The minimum Gasteiger partial charge on any atom is -0.480 e. The summed E-state index contributed by atoms with van der Waals surface area (Å²) < 4.78 is 53.8. The zero-order valence-electron chi connectivity index (χ0n) is 16.9. The van der Waals surface area contributed by atoms with Gasteiger partial charge in [0.1, 0.15) is 5.60 Å². The molecule has 31 heavy (non-hydrogen) atoms. The van der Waals surface area contributed by atoms with Crippen molar-refractivity contribution < 1.29 is 37.0 Å². The molecule has 2 aliphatic heterocycles. The summed E-state index contributed by atoms with van der Waals surface area (Å²) in [7, 11) is 0. The van der Waals surface area contributed by atoms with E-state index in [0.717, 1.165) is 25.7 Å². The van der Waals surface area contributed by atoms with Gasteiger partial charge in [-0.3, -0.25) is 15.1 Å². The molecule has 1 unspecified atom stereocenters. The van der Waals surface area contributed by atoms with E-state index >= 15 is 0 Å². The third-order valence-electron chi connectivity index (χ3n) is 5.51. The molecule has 0 radical (unpaired) electrons. The van der Waals surface area contributed by atoms with Crippen LogP contribution in [0.1, 0.15) is 37.7 Å². The predicted octanol–water partition coefficient (Wildman–Crippen LogP) is 3.10. The number of hydroxylamine groups is 1. The van der Waals surface area contributed by atoms with Gasteiger partial charge < -0.3 is 19.5 Å². The zero-order valence-corrected chi connectivity index (χ0v) is 16.9. The van der Waals surface area contributed by atoms with Crippen molar-refractivity contribution in [3.05, 3.63) is 29.8 Å². The Hall–Kier alpha value is -2.46. The summed E-state index contributed by atoms with van der Waals surface area (Å²) in [5, 5.41) is 2.89. The molecule has 1 atom stereocenters. The van der Waals surface area contributed by atoms with Crippen molar-refractivity contribution in [3.63, 3.8) is 0 Å². The number of halogens is 3. The van der Waals surface area contributed by atoms with Crippen molar-refractivity contribution in [3.8, 4) is 11.5 Å². The lowest BCUT2D eigenvalue weighted by atomic mass is 10.0. The Labute approximate surface area is 177 Å². The first-order chi connectivity index (χ1) is 14.8. The molecule has 3 aliphatic rings. The van der Waals surface area contributed by atoms with Crippen LogP contribution in [0.25, 0.3) is 5.70 Å². The molecular formula is C21H25F3N2O5. The maximum atomic E-state index is 12.6. The van der Waals surface area contributed by atoms with Crippen molar-refractivity contribution in [2.24, 2.45) is 0 Å². The number of carbonyl (C=O) groups is 1. The number of benzene rings is 1. The maximum absolute atomic E-state index is 12.6. The first kappa shape index (κ1) is 21.8. The number of carbonyl (C=O) groups excluding carboxylic acids is 1. The molecule has 4 rings (SSSR count). The van der Waals surface area contributed by atoms with Crippen molar-refractivity contribution in [1.29, 1.82) is 0 Å². The summed E-state index contributed by atoms with van der Waals surface area (Å²) in [6, 6.07) is 4.65. The van der Waals surface area contributed by atoms with Crippen LogP contribution in [0, 0.1) is 0 Å². The number of ether oxygens (including phenoxy) is 3. The van der Waals surface area contributed by atoms with E-state index < -0.39 is 18.4 Å². The molecule has 170 valence electrons. The largest absolute Gasteiger partial charge is 0.480 e. The van der Waals surface area contributed by atoms with Crippen LogP contribution in [0.4, 0.5) is 13.2 Å². The molecule has 1 saturated carbocycles. The maximum Gasteiger partial charge on any atom is 0.422 e. The highest BCUT2D eigenvalue weighted by Crippen LogP contribution is 2.36. The Morgan fingerprint density at radius 1 is 1.23 bits per heavy atom. The molecule has 2 heterocycles. The lowest BCUT2D eigenvalue weighted by Crippen LogP contribution is -2.36. The Morgan fingerprint density at radius 2 is 2.03 bits per heavy atom. The highest BCUT2D eigenvalue weighted by atomic mass is 19.4. The molecule has 0 aromatic heterocycles. The Morgan fingerprint density at radius 3 is 2.74 bits per heavy atom. The van der Waals surface area contributed by atoms with Crippen molar-refractivity contribution in [2.75, 3.05) is 26.4 Å². The smallest absolute Gasteiger partial charge is 0.422 e. The van der Waals surface area contributed by atoms with Crippen molar-refractivity contribution >= 4 is 11.6 Å². The van der Waals surface area contributed by atoms with Gasteiger partial charge in [0, 0.05) is 24.6 Å². The van der Waals surface area contributed by atoms with E-state index in [1.807, 2.05) is 6.08 Å². The second kappa shape index (κ2) is 8.96. The molecule has 0 bridgehead atoms. The topological polar surface area (TPSA) is 78.1 Å². The number of alkyl halides is 3. The van der Waals surface area contributed by atoms with Gasteiger partial charge in [-0.1, -0.05) is 12.8 Å². The van der Waals surface area contributed by atoms with Crippen LogP contribution in [0.2, 0.25) is 0 Å². The predicted molar refractivity (Wildman–Crippen MR) is 104 cm³/mol. The number of rotatable bonds is 7. The van der Waals surface area contributed by atoms with Gasteiger partial charge in [0.25, 0.3) is 5.91 Å². The average molecular weight is 442 g/mol. The number of amides is 1. The zero-order chi connectivity index (χ0) is 21.9. The fourth-order valence-electron chi connectivity index (χ4n) is 3.93. The fourth-order valence-corrected chi connectivity index (χ4v) is 3.93. The van der Waals surface area contributed by atoms with Gasteiger partial charge in [-0.15, -0.1) is 0 Å². The third-order valence-corrected chi connectivity index (χ3v) is 5.51. The molecule has 10 heteroatoms. The van der Waals surface area contributed by atoms with Gasteiger partial charge in [0.15, 0.2) is 24.7 Å². The lowest BCUT2D eigenvalue weighted by Gasteiger charge is -2.17. The van der Waals surface area contributed by atoms with Gasteiger partial charge in [0.2, 0.25) is 0 Å². The monoisotopic (exact) mass is 442 g/mol. The van der Waals surface area contributed by atoms with Crippen LogP contribution in [0.5, 0.6) is 11.5 Å². The molecule has 1 amide bonds. The van der Waals surface area contributed by atoms with Gasteiger partial charge >= 0.3 is 6.18 Å². The van der Waals surface area contributed by atoms with E-state index in [1.165, 1.54) is 12.1 Å². The summed E-state index contributed by atoms with van der Waals surface area (Å²) >= 11 is 0. The summed E-state index contributed by atoms with van der Waals surface area (Å²) in [5.41, 5.74) is 3.57. The summed E-state index contributed by atoms with van der Waals surface area (Å²) in [5.74, 6) is -0.356. The van der Waals surface area contributed by atoms with Crippen LogP contribution in [-0.4, -0.2) is 50.2 Å². The Kier molecular flexibility index (Phi) is 6.29. The second-order valence-electron chi connectivity index (χ2n) is 8.03. The lowest BCUT2D eigenvalue weighted by molar-refractivity contribution is -0.153. The molecule has 1 aromatic carbocycles. The van der Waals surface area contributed by atoms with Crippen molar-refractivity contribution in [1.82, 2.24) is 10.8 Å². The summed E-state index contributed by atoms with van der Waals surface area (Å²) in [4.78, 5) is 17.8. The molecule has 1 aliphatic carbocycles. The first-order valence-electron chi connectivity index (χ1n) is 10.3. The SMILES string of the molecule is O=C(COc1cc(C2=CC3(CCOC3)ON2)ccc1OCC(F)(F)F)NC1CCCC1. The molecular weight excluding hydrogens is 417 g/mol. The van der Waals surface area contributed by atoms with E-state index in [4.69, 9.17) is 19.0 Å². The molecule has 1 spiro atoms. The summed E-state index contributed by atoms with van der Waals surface area (Å²) in [6.45, 7) is -0.772. The van der Waals surface area contributed by atoms with Crippen LogP contribution in [0.15, 0.2) is 24.3 Å². The standard InChI is InChI=1S/C21H25F3N2O5/c22-21(23,24)13-30-17-6-5-14(16-10-20(31-26-16)7-8-28-12-20)9-18(17)29-11-19(27)25-15-3-1-2-4-15/h5-6,9-10,15,26H,1-4,7-8,11-13H2,(H,25,27). The van der Waals surface area contributed by atoms with Crippen LogP contribution >= 0.6 is 0 Å². The number of hydrogen-bond acceptors (Lipinski definition) is 6. The van der Waals surface area contributed by atoms with E-state index in [2.05, 4.69) is 10.8 Å². The minimum atomic E-state index is -4.49. The average Bonchev–Trinajstić information content (AvgIpc) is 3.48. The normalized spacial score (nSPS) is 23.6. The van der Waals surface area contributed by atoms with E-state index in [1.54, 1.807) is 6.07 Å². The Bertz CT molecular complexity index is 831. The van der Waals surface area contributed by atoms with E-state index in [0.29, 0.717) is 30.9 Å². The minimum absolute atomic E-state index is 0.0506. The van der Waals surface area contributed by atoms with Gasteiger partial charge in [0.05, 0.1) is 12.3 Å². The Balaban J connectivity index is 1.48. The third kappa shape index (κ3) is 5.62. The molecule has 1 aromatic rings. The van der Waals surface area contributed by atoms with E-state index in [9.17, 15) is 18.0 Å². The number of nitrogens with one attached hydrogen (secondary N) is 2. The van der Waals surface area contributed by atoms with Gasteiger partial charge in [-0.25, -0.2) is 0 Å².